The normalized spacial score (nSPS) is 16.9. The average Bonchev–Trinajstić information content (AvgIpc) is 2.67. The van der Waals surface area contributed by atoms with Gasteiger partial charge in [-0.05, 0) is 18.1 Å². The second kappa shape index (κ2) is 4.42. The molecule has 0 saturated carbocycles. The molecule has 0 amide bonds. The molecule has 5 nitrogen and oxygen atoms in total. The molecule has 1 saturated heterocycles. The Balaban J connectivity index is 1.59. The van der Waals surface area contributed by atoms with E-state index in [1.807, 2.05) is 35.0 Å². The maximum atomic E-state index is 10.6. The number of hydrogen-bond acceptors (Lipinski definition) is 3. The lowest BCUT2D eigenvalue weighted by Gasteiger charge is -2.38. The highest BCUT2D eigenvalue weighted by Crippen LogP contribution is 2.21. The molecule has 0 atom stereocenters. The highest BCUT2D eigenvalue weighted by molar-refractivity contribution is 5.67. The molecule has 3 rings (SSSR count). The van der Waals surface area contributed by atoms with Gasteiger partial charge in [-0.2, -0.15) is 0 Å². The lowest BCUT2D eigenvalue weighted by atomic mass is 9.96. The molecule has 94 valence electrons. The number of aliphatic carboxylic acids is 1. The van der Waals surface area contributed by atoms with Crippen LogP contribution in [0.4, 0.5) is 0 Å². The summed E-state index contributed by atoms with van der Waals surface area (Å²) in [4.78, 5) is 17.3. The van der Waals surface area contributed by atoms with Crippen molar-refractivity contribution < 1.29 is 9.90 Å². The van der Waals surface area contributed by atoms with E-state index in [-0.39, 0.29) is 6.42 Å². The van der Waals surface area contributed by atoms with Gasteiger partial charge in [0.15, 0.2) is 0 Å². The number of hydrogen-bond donors (Lipinski definition) is 1. The molecule has 1 aliphatic heterocycles. The van der Waals surface area contributed by atoms with Gasteiger partial charge in [-0.15, -0.1) is 0 Å². The van der Waals surface area contributed by atoms with Crippen LogP contribution in [-0.2, 0) is 11.3 Å². The summed E-state index contributed by atoms with van der Waals surface area (Å²) in [6.07, 6.45) is 4.29. The summed E-state index contributed by atoms with van der Waals surface area (Å²) in [5.41, 5.74) is 1.99. The van der Waals surface area contributed by atoms with Crippen LogP contribution in [0.15, 0.2) is 30.6 Å². The van der Waals surface area contributed by atoms with Crippen molar-refractivity contribution in [1.82, 2.24) is 14.3 Å². The van der Waals surface area contributed by atoms with Gasteiger partial charge in [0, 0.05) is 32.0 Å². The lowest BCUT2D eigenvalue weighted by Crippen LogP contribution is -2.46. The van der Waals surface area contributed by atoms with Crippen molar-refractivity contribution in [2.75, 3.05) is 13.1 Å². The molecule has 2 aromatic heterocycles. The largest absolute Gasteiger partial charge is 0.481 e. The summed E-state index contributed by atoms with van der Waals surface area (Å²) in [6, 6.07) is 5.93. The van der Waals surface area contributed by atoms with E-state index in [0.717, 1.165) is 31.0 Å². The summed E-state index contributed by atoms with van der Waals surface area (Å²) >= 11 is 0. The number of fused-ring (bicyclic) bond motifs is 1. The molecule has 0 spiro atoms. The quantitative estimate of drug-likeness (QED) is 0.880. The number of imidazole rings is 1. The van der Waals surface area contributed by atoms with Gasteiger partial charge in [0.1, 0.15) is 5.65 Å². The van der Waals surface area contributed by atoms with E-state index in [1.54, 1.807) is 0 Å². The second-order valence-electron chi connectivity index (χ2n) is 4.86. The van der Waals surface area contributed by atoms with Crippen LogP contribution in [-0.4, -0.2) is 38.4 Å². The van der Waals surface area contributed by atoms with Gasteiger partial charge in [0.25, 0.3) is 0 Å². The fourth-order valence-corrected chi connectivity index (χ4v) is 2.47. The maximum absolute atomic E-state index is 10.6. The minimum atomic E-state index is -0.701. The standard InChI is InChI=1S/C13H15N3O2/c17-13(18)5-10-6-15(7-10)8-11-9-16-4-2-1-3-12(16)14-11/h1-4,9-10H,5-8H2,(H,17,18). The number of nitrogens with zero attached hydrogens (tertiary/aromatic N) is 3. The molecule has 2 aromatic rings. The fraction of sp³-hybridized carbons (Fsp3) is 0.385. The first kappa shape index (κ1) is 11.2. The van der Waals surface area contributed by atoms with Crippen LogP contribution in [0, 0.1) is 5.92 Å². The van der Waals surface area contributed by atoms with Crippen molar-refractivity contribution in [3.63, 3.8) is 0 Å². The summed E-state index contributed by atoms with van der Waals surface area (Å²) in [5.74, 6) is -0.396. The first-order valence-corrected chi connectivity index (χ1v) is 6.07. The topological polar surface area (TPSA) is 57.8 Å². The number of rotatable bonds is 4. The van der Waals surface area contributed by atoms with Crippen LogP contribution in [0.2, 0.25) is 0 Å². The summed E-state index contributed by atoms with van der Waals surface area (Å²) in [7, 11) is 0. The van der Waals surface area contributed by atoms with Gasteiger partial charge in [-0.1, -0.05) is 6.07 Å². The molecule has 0 radical (unpaired) electrons. The molecular weight excluding hydrogens is 230 g/mol. The van der Waals surface area contributed by atoms with E-state index in [9.17, 15) is 4.79 Å². The molecule has 5 heteroatoms. The van der Waals surface area contributed by atoms with Gasteiger partial charge in [-0.25, -0.2) is 4.98 Å². The van der Waals surface area contributed by atoms with E-state index < -0.39 is 5.97 Å². The molecular formula is C13H15N3O2. The number of carboxylic acids is 1. The van der Waals surface area contributed by atoms with Crippen LogP contribution in [0.3, 0.4) is 0 Å². The molecule has 1 N–H and O–H groups in total. The Morgan fingerprint density at radius 1 is 1.44 bits per heavy atom. The van der Waals surface area contributed by atoms with E-state index in [4.69, 9.17) is 5.11 Å². The third-order valence-electron chi connectivity index (χ3n) is 3.30. The Morgan fingerprint density at radius 2 is 2.28 bits per heavy atom. The van der Waals surface area contributed by atoms with Gasteiger partial charge >= 0.3 is 5.97 Å². The Hall–Kier alpha value is -1.88. The van der Waals surface area contributed by atoms with Gasteiger partial charge < -0.3 is 9.51 Å². The van der Waals surface area contributed by atoms with Crippen molar-refractivity contribution in [3.8, 4) is 0 Å². The predicted octanol–water partition coefficient (Wildman–Crippen LogP) is 1.24. The van der Waals surface area contributed by atoms with E-state index in [0.29, 0.717) is 5.92 Å². The number of carboxylic acid groups (broad SMARTS) is 1. The fourth-order valence-electron chi connectivity index (χ4n) is 2.47. The molecule has 1 fully saturated rings. The van der Waals surface area contributed by atoms with Crippen LogP contribution in [0.1, 0.15) is 12.1 Å². The lowest BCUT2D eigenvalue weighted by molar-refractivity contribution is -0.139. The monoisotopic (exact) mass is 245 g/mol. The minimum absolute atomic E-state index is 0.279. The highest BCUT2D eigenvalue weighted by Gasteiger charge is 2.28. The zero-order valence-electron chi connectivity index (χ0n) is 9.99. The number of likely N-dealkylation sites (tertiary alicyclic amines) is 1. The van der Waals surface area contributed by atoms with Gasteiger partial charge in [0.2, 0.25) is 0 Å². The van der Waals surface area contributed by atoms with Gasteiger partial charge in [-0.3, -0.25) is 9.69 Å². The molecule has 3 heterocycles. The van der Waals surface area contributed by atoms with Crippen molar-refractivity contribution in [2.24, 2.45) is 5.92 Å². The SMILES string of the molecule is O=C(O)CC1CN(Cc2cn3ccccc3n2)C1. The number of carbonyl (C=O) groups is 1. The molecule has 0 aliphatic carbocycles. The van der Waals surface area contributed by atoms with Crippen LogP contribution < -0.4 is 0 Å². The number of pyridine rings is 1. The van der Waals surface area contributed by atoms with E-state index >= 15 is 0 Å². The predicted molar refractivity (Wildman–Crippen MR) is 66.2 cm³/mol. The highest BCUT2D eigenvalue weighted by atomic mass is 16.4. The zero-order valence-corrected chi connectivity index (χ0v) is 9.99. The maximum Gasteiger partial charge on any atom is 0.303 e. The number of aromatic nitrogens is 2. The Kier molecular flexibility index (Phi) is 2.76. The minimum Gasteiger partial charge on any atom is -0.481 e. The molecule has 0 aromatic carbocycles. The van der Waals surface area contributed by atoms with Crippen molar-refractivity contribution >= 4 is 11.6 Å². The Labute approximate surface area is 105 Å². The summed E-state index contributed by atoms with van der Waals surface area (Å²) in [6.45, 7) is 2.53. The third-order valence-corrected chi connectivity index (χ3v) is 3.30. The Bertz CT molecular complexity index is 539. The zero-order chi connectivity index (χ0) is 12.5. The smallest absolute Gasteiger partial charge is 0.303 e. The molecule has 0 bridgehead atoms. The van der Waals surface area contributed by atoms with Crippen molar-refractivity contribution in [1.29, 1.82) is 0 Å². The van der Waals surface area contributed by atoms with Crippen molar-refractivity contribution in [2.45, 2.75) is 13.0 Å². The first-order valence-electron chi connectivity index (χ1n) is 6.07. The molecule has 0 unspecified atom stereocenters. The average molecular weight is 245 g/mol. The second-order valence-corrected chi connectivity index (χ2v) is 4.86. The van der Waals surface area contributed by atoms with Crippen LogP contribution in [0.25, 0.3) is 5.65 Å². The van der Waals surface area contributed by atoms with E-state index in [2.05, 4.69) is 9.88 Å². The summed E-state index contributed by atoms with van der Waals surface area (Å²) in [5, 5.41) is 8.69. The summed E-state index contributed by atoms with van der Waals surface area (Å²) < 4.78 is 2.00. The third kappa shape index (κ3) is 2.22. The van der Waals surface area contributed by atoms with Crippen LogP contribution in [0.5, 0.6) is 0 Å². The van der Waals surface area contributed by atoms with Gasteiger partial charge in [0.05, 0.1) is 12.1 Å². The Morgan fingerprint density at radius 3 is 3.00 bits per heavy atom. The van der Waals surface area contributed by atoms with Crippen molar-refractivity contribution in [3.05, 3.63) is 36.3 Å². The first-order chi connectivity index (χ1) is 8.70. The van der Waals surface area contributed by atoms with Crippen LogP contribution >= 0.6 is 0 Å². The molecule has 18 heavy (non-hydrogen) atoms. The molecule has 1 aliphatic rings. The van der Waals surface area contributed by atoms with E-state index in [1.165, 1.54) is 0 Å².